The van der Waals surface area contributed by atoms with Crippen LogP contribution in [-0.2, 0) is 0 Å². The Balaban J connectivity index is 2.31. The van der Waals surface area contributed by atoms with Crippen molar-refractivity contribution in [3.05, 3.63) is 18.2 Å². The lowest BCUT2D eigenvalue weighted by Gasteiger charge is -2.19. The fourth-order valence-corrected chi connectivity index (χ4v) is 1.73. The zero-order valence-electron chi connectivity index (χ0n) is 9.61. The second kappa shape index (κ2) is 5.18. The fraction of sp³-hybridized carbons (Fsp3) is 0.364. The molecule has 7 heteroatoms. The Labute approximate surface area is 102 Å². The molecule has 0 spiro atoms. The third-order valence-corrected chi connectivity index (χ3v) is 2.52. The van der Waals surface area contributed by atoms with Crippen LogP contribution in [0.1, 0.15) is 0 Å². The van der Waals surface area contributed by atoms with E-state index in [-0.39, 0.29) is 13.2 Å². The highest BCUT2D eigenvalue weighted by atomic mass is 19.3. The Bertz CT molecular complexity index is 529. The second-order valence-corrected chi connectivity index (χ2v) is 3.90. The number of aliphatic hydroxyl groups excluding tert-OH is 1. The lowest BCUT2D eigenvalue weighted by atomic mass is 10.3. The van der Waals surface area contributed by atoms with Crippen LogP contribution < -0.4 is 10.6 Å². The van der Waals surface area contributed by atoms with Crippen molar-refractivity contribution in [3.63, 3.8) is 0 Å². The van der Waals surface area contributed by atoms with Crippen molar-refractivity contribution in [2.75, 3.05) is 30.3 Å². The number of hydrogen-bond donors (Lipinski definition) is 3. The molecule has 0 aliphatic heterocycles. The predicted octanol–water partition coefficient (Wildman–Crippen LogP) is 1.21. The summed E-state index contributed by atoms with van der Waals surface area (Å²) in [7, 11) is 0. The number of halogens is 2. The molecular weight excluding hydrogens is 242 g/mol. The Morgan fingerprint density at radius 1 is 1.44 bits per heavy atom. The fourth-order valence-electron chi connectivity index (χ4n) is 1.73. The zero-order valence-corrected chi connectivity index (χ0v) is 9.61. The van der Waals surface area contributed by atoms with Gasteiger partial charge in [0.15, 0.2) is 0 Å². The van der Waals surface area contributed by atoms with E-state index in [9.17, 15) is 8.78 Å². The molecule has 0 bridgehead atoms. The molecule has 0 fully saturated rings. The van der Waals surface area contributed by atoms with Crippen molar-refractivity contribution in [2.24, 2.45) is 0 Å². The van der Waals surface area contributed by atoms with Crippen LogP contribution in [0, 0.1) is 0 Å². The number of aliphatic hydroxyl groups is 1. The third kappa shape index (κ3) is 2.67. The summed E-state index contributed by atoms with van der Waals surface area (Å²) in [6.07, 6.45) is -2.49. The van der Waals surface area contributed by atoms with Crippen LogP contribution in [-0.4, -0.2) is 41.2 Å². The van der Waals surface area contributed by atoms with Gasteiger partial charge in [0.1, 0.15) is 0 Å². The van der Waals surface area contributed by atoms with Gasteiger partial charge in [0.05, 0.1) is 24.2 Å². The van der Waals surface area contributed by atoms with E-state index < -0.39 is 13.0 Å². The van der Waals surface area contributed by atoms with Crippen LogP contribution in [0.5, 0.6) is 0 Å². The molecule has 98 valence electrons. The van der Waals surface area contributed by atoms with Gasteiger partial charge in [-0.15, -0.1) is 0 Å². The van der Waals surface area contributed by atoms with Crippen LogP contribution in [0.2, 0.25) is 0 Å². The van der Waals surface area contributed by atoms with E-state index in [1.165, 1.54) is 4.90 Å². The first-order valence-electron chi connectivity index (χ1n) is 5.49. The first-order chi connectivity index (χ1) is 8.60. The highest BCUT2D eigenvalue weighted by molar-refractivity contribution is 5.80. The van der Waals surface area contributed by atoms with Gasteiger partial charge in [-0.05, 0) is 18.2 Å². The number of nitrogen functional groups attached to an aromatic ring is 1. The predicted molar refractivity (Wildman–Crippen MR) is 65.8 cm³/mol. The van der Waals surface area contributed by atoms with Crippen LogP contribution in [0.3, 0.4) is 0 Å². The minimum atomic E-state index is -2.49. The Kier molecular flexibility index (Phi) is 3.61. The standard InChI is InChI=1S/C11H14F2N4O/c12-10(13)6-17(3-4-18)11-15-8-2-1-7(14)5-9(8)16-11/h1-2,5,10,18H,3-4,6,14H2,(H,15,16). The number of fused-ring (bicyclic) bond motifs is 1. The van der Waals surface area contributed by atoms with Crippen LogP contribution in [0.15, 0.2) is 18.2 Å². The summed E-state index contributed by atoms with van der Waals surface area (Å²) >= 11 is 0. The van der Waals surface area contributed by atoms with E-state index in [0.717, 1.165) is 0 Å². The minimum Gasteiger partial charge on any atom is -0.399 e. The largest absolute Gasteiger partial charge is 0.399 e. The molecule has 4 N–H and O–H groups in total. The van der Waals surface area contributed by atoms with Gasteiger partial charge in [0, 0.05) is 12.2 Å². The lowest BCUT2D eigenvalue weighted by molar-refractivity contribution is 0.152. The summed E-state index contributed by atoms with van der Waals surface area (Å²) in [4.78, 5) is 8.42. The number of nitrogens with zero attached hydrogens (tertiary/aromatic N) is 2. The molecule has 0 amide bonds. The van der Waals surface area contributed by atoms with Gasteiger partial charge in [-0.2, -0.15) is 0 Å². The van der Waals surface area contributed by atoms with E-state index in [4.69, 9.17) is 10.8 Å². The van der Waals surface area contributed by atoms with E-state index in [1.54, 1.807) is 18.2 Å². The summed E-state index contributed by atoms with van der Waals surface area (Å²) in [6, 6.07) is 5.09. The van der Waals surface area contributed by atoms with Crippen molar-refractivity contribution < 1.29 is 13.9 Å². The van der Waals surface area contributed by atoms with Gasteiger partial charge in [-0.1, -0.05) is 0 Å². The first kappa shape index (κ1) is 12.6. The highest BCUT2D eigenvalue weighted by Crippen LogP contribution is 2.20. The molecule has 2 rings (SSSR count). The molecule has 0 aliphatic rings. The van der Waals surface area contributed by atoms with Crippen molar-refractivity contribution in [2.45, 2.75) is 6.43 Å². The van der Waals surface area contributed by atoms with E-state index in [2.05, 4.69) is 9.97 Å². The maximum atomic E-state index is 12.4. The molecule has 0 aliphatic carbocycles. The van der Waals surface area contributed by atoms with E-state index in [1.807, 2.05) is 0 Å². The van der Waals surface area contributed by atoms with Crippen molar-refractivity contribution in [1.82, 2.24) is 9.97 Å². The quantitative estimate of drug-likeness (QED) is 0.703. The van der Waals surface area contributed by atoms with Crippen LogP contribution >= 0.6 is 0 Å². The number of H-pyrrole nitrogens is 1. The molecule has 5 nitrogen and oxygen atoms in total. The van der Waals surface area contributed by atoms with Gasteiger partial charge in [0.2, 0.25) is 5.95 Å². The number of nitrogens with one attached hydrogen (secondary N) is 1. The molecule has 0 saturated carbocycles. The number of rotatable bonds is 5. The van der Waals surface area contributed by atoms with Gasteiger partial charge in [-0.3, -0.25) is 0 Å². The van der Waals surface area contributed by atoms with Gasteiger partial charge in [-0.25, -0.2) is 13.8 Å². The molecular formula is C11H14F2N4O. The van der Waals surface area contributed by atoms with Gasteiger partial charge in [0.25, 0.3) is 6.43 Å². The van der Waals surface area contributed by atoms with E-state index >= 15 is 0 Å². The van der Waals surface area contributed by atoms with Crippen molar-refractivity contribution in [3.8, 4) is 0 Å². The van der Waals surface area contributed by atoms with Crippen LogP contribution in [0.25, 0.3) is 11.0 Å². The number of benzene rings is 1. The molecule has 0 saturated heterocycles. The number of nitrogens with two attached hydrogens (primary N) is 1. The monoisotopic (exact) mass is 256 g/mol. The highest BCUT2D eigenvalue weighted by Gasteiger charge is 2.15. The summed E-state index contributed by atoms with van der Waals surface area (Å²) in [6.45, 7) is -0.596. The molecule has 1 aromatic heterocycles. The SMILES string of the molecule is Nc1ccc2nc(N(CCO)CC(F)F)[nH]c2c1. The average molecular weight is 256 g/mol. The maximum Gasteiger partial charge on any atom is 0.255 e. The normalized spacial score (nSPS) is 11.3. The molecule has 0 radical (unpaired) electrons. The zero-order chi connectivity index (χ0) is 13.1. The van der Waals surface area contributed by atoms with Gasteiger partial charge >= 0.3 is 0 Å². The van der Waals surface area contributed by atoms with Gasteiger partial charge < -0.3 is 20.7 Å². The topological polar surface area (TPSA) is 78.2 Å². The van der Waals surface area contributed by atoms with Crippen LogP contribution in [0.4, 0.5) is 20.4 Å². The molecule has 1 aromatic carbocycles. The number of hydrogen-bond acceptors (Lipinski definition) is 4. The number of alkyl halides is 2. The maximum absolute atomic E-state index is 12.4. The smallest absolute Gasteiger partial charge is 0.255 e. The van der Waals surface area contributed by atoms with E-state index in [0.29, 0.717) is 22.7 Å². The minimum absolute atomic E-state index is 0.0969. The molecule has 2 aromatic rings. The van der Waals surface area contributed by atoms with Crippen molar-refractivity contribution >= 4 is 22.7 Å². The summed E-state index contributed by atoms with van der Waals surface area (Å²) in [5.74, 6) is 0.310. The Morgan fingerprint density at radius 2 is 2.22 bits per heavy atom. The average Bonchev–Trinajstić information content (AvgIpc) is 2.70. The summed E-state index contributed by atoms with van der Waals surface area (Å²) < 4.78 is 24.9. The molecule has 0 unspecified atom stereocenters. The number of aromatic amines is 1. The molecule has 18 heavy (non-hydrogen) atoms. The first-order valence-corrected chi connectivity index (χ1v) is 5.49. The van der Waals surface area contributed by atoms with Crippen molar-refractivity contribution in [1.29, 1.82) is 0 Å². The third-order valence-electron chi connectivity index (χ3n) is 2.52. The number of aromatic nitrogens is 2. The second-order valence-electron chi connectivity index (χ2n) is 3.90. The lowest BCUT2D eigenvalue weighted by Crippen LogP contribution is -2.32. The summed E-state index contributed by atoms with van der Waals surface area (Å²) in [5.41, 5.74) is 7.53. The number of imidazole rings is 1. The Morgan fingerprint density at radius 3 is 2.89 bits per heavy atom. The molecule has 1 heterocycles. The molecule has 0 atom stereocenters. The summed E-state index contributed by atoms with van der Waals surface area (Å²) in [5, 5.41) is 8.88. The Hall–Kier alpha value is -1.89. The number of anilines is 2.